The van der Waals surface area contributed by atoms with E-state index in [2.05, 4.69) is 44.9 Å². The van der Waals surface area contributed by atoms with Gasteiger partial charge >= 0.3 is 6.36 Å². The average molecular weight is 581 g/mol. The predicted molar refractivity (Wildman–Crippen MR) is 155 cm³/mol. The van der Waals surface area contributed by atoms with E-state index in [4.69, 9.17) is 0 Å². The molecule has 0 radical (unpaired) electrons. The number of hydrogen-bond acceptors (Lipinski definition) is 7. The number of aliphatic hydroxyl groups excluding tert-OH is 1. The highest BCUT2D eigenvalue weighted by atomic mass is 32.2. The number of alkyl halides is 3. The van der Waals surface area contributed by atoms with Crippen LogP contribution in [0.25, 0.3) is 17.1 Å². The van der Waals surface area contributed by atoms with Gasteiger partial charge in [-0.05, 0) is 47.4 Å². The number of hydrogen-bond donors (Lipinski definition) is 1. The fourth-order valence-corrected chi connectivity index (χ4v) is 5.28. The molecule has 2 heterocycles. The number of anilines is 1. The lowest BCUT2D eigenvalue weighted by Gasteiger charge is -2.35. The van der Waals surface area contributed by atoms with E-state index in [1.807, 2.05) is 47.4 Å². The van der Waals surface area contributed by atoms with Gasteiger partial charge in [-0.2, -0.15) is 5.10 Å². The Morgan fingerprint density at radius 3 is 2.49 bits per heavy atom. The number of para-hydroxylation sites is 1. The van der Waals surface area contributed by atoms with E-state index >= 15 is 0 Å². The van der Waals surface area contributed by atoms with Gasteiger partial charge in [0.25, 0.3) is 0 Å². The first kappa shape index (κ1) is 28.4. The summed E-state index contributed by atoms with van der Waals surface area (Å²) >= 11 is 1.56. The Morgan fingerprint density at radius 1 is 1.05 bits per heavy atom. The third-order valence-corrected chi connectivity index (χ3v) is 7.25. The van der Waals surface area contributed by atoms with Crippen molar-refractivity contribution in [1.29, 1.82) is 0 Å². The first-order valence-corrected chi connectivity index (χ1v) is 13.8. The molecule has 41 heavy (non-hydrogen) atoms. The SMILES string of the molecule is CC(C)c1ccccc1N1/C(=N/N=C/c2ccc(-c3ncn(-c4ccc(OC(F)(F)F)cc4)n3)cc2)SCCC1O. The number of benzene rings is 3. The molecule has 1 aromatic heterocycles. The summed E-state index contributed by atoms with van der Waals surface area (Å²) in [6.07, 6.45) is -1.67. The smallest absolute Gasteiger partial charge is 0.406 e. The maximum absolute atomic E-state index is 12.4. The third kappa shape index (κ3) is 6.95. The largest absolute Gasteiger partial charge is 0.573 e. The highest BCUT2D eigenvalue weighted by Gasteiger charge is 2.31. The molecule has 0 amide bonds. The number of aromatic nitrogens is 3. The first-order valence-electron chi connectivity index (χ1n) is 12.9. The van der Waals surface area contributed by atoms with E-state index in [0.29, 0.717) is 23.1 Å². The Kier molecular flexibility index (Phi) is 8.41. The van der Waals surface area contributed by atoms with Gasteiger partial charge in [0.15, 0.2) is 11.0 Å². The first-order chi connectivity index (χ1) is 19.7. The Morgan fingerprint density at radius 2 is 1.78 bits per heavy atom. The summed E-state index contributed by atoms with van der Waals surface area (Å²) in [7, 11) is 0. The molecule has 1 aliphatic rings. The maximum Gasteiger partial charge on any atom is 0.573 e. The van der Waals surface area contributed by atoms with Crippen molar-refractivity contribution in [3.05, 3.63) is 90.3 Å². The summed E-state index contributed by atoms with van der Waals surface area (Å²) in [6, 6.07) is 20.8. The minimum Gasteiger partial charge on any atom is -0.406 e. The summed E-state index contributed by atoms with van der Waals surface area (Å²) in [6.45, 7) is 4.24. The molecule has 5 rings (SSSR count). The Bertz CT molecular complexity index is 1540. The van der Waals surface area contributed by atoms with E-state index in [0.717, 1.165) is 28.1 Å². The van der Waals surface area contributed by atoms with Gasteiger partial charge in [-0.1, -0.05) is 68.1 Å². The van der Waals surface area contributed by atoms with Crippen molar-refractivity contribution in [2.75, 3.05) is 10.7 Å². The summed E-state index contributed by atoms with van der Waals surface area (Å²) in [4.78, 5) is 6.16. The lowest BCUT2D eigenvalue weighted by Crippen LogP contribution is -2.43. The van der Waals surface area contributed by atoms with Crippen molar-refractivity contribution in [3.63, 3.8) is 0 Å². The second-order valence-corrected chi connectivity index (χ2v) is 10.6. The summed E-state index contributed by atoms with van der Waals surface area (Å²) in [5, 5.41) is 24.6. The van der Waals surface area contributed by atoms with Gasteiger partial charge < -0.3 is 9.84 Å². The molecule has 1 saturated heterocycles. The van der Waals surface area contributed by atoms with Gasteiger partial charge in [0, 0.05) is 23.4 Å². The van der Waals surface area contributed by atoms with Crippen molar-refractivity contribution < 1.29 is 23.0 Å². The van der Waals surface area contributed by atoms with E-state index < -0.39 is 12.6 Å². The molecular weight excluding hydrogens is 553 g/mol. The Balaban J connectivity index is 1.28. The van der Waals surface area contributed by atoms with Crippen LogP contribution in [0.3, 0.4) is 0 Å². The fraction of sp³-hybridized carbons (Fsp3) is 0.241. The van der Waals surface area contributed by atoms with Crippen molar-refractivity contribution in [3.8, 4) is 22.8 Å². The van der Waals surface area contributed by atoms with Gasteiger partial charge in [-0.15, -0.1) is 23.4 Å². The van der Waals surface area contributed by atoms with Crippen molar-refractivity contribution >= 4 is 28.8 Å². The number of aliphatic hydroxyl groups is 1. The van der Waals surface area contributed by atoms with Crippen LogP contribution in [0.15, 0.2) is 89.3 Å². The molecule has 0 aliphatic carbocycles. The highest BCUT2D eigenvalue weighted by molar-refractivity contribution is 8.14. The quantitative estimate of drug-likeness (QED) is 0.196. The summed E-state index contributed by atoms with van der Waals surface area (Å²) < 4.78 is 42.6. The fourth-order valence-electron chi connectivity index (χ4n) is 4.30. The van der Waals surface area contributed by atoms with Gasteiger partial charge in [0.1, 0.15) is 18.3 Å². The predicted octanol–water partition coefficient (Wildman–Crippen LogP) is 6.61. The standard InChI is InChI=1S/C29H27F3N6O2S/c1-19(2)24-5-3-4-6-25(24)38-26(39)15-16-41-28(38)35-34-17-20-7-9-21(10-8-20)27-33-18-37(36-27)22-11-13-23(14-12-22)40-29(30,31)32/h3-14,17-19,26,39H,15-16H2,1-2H3/b34-17+,35-28-. The molecule has 1 unspecified atom stereocenters. The van der Waals surface area contributed by atoms with Crippen LogP contribution in [0.4, 0.5) is 18.9 Å². The number of nitrogens with zero attached hydrogens (tertiary/aromatic N) is 6. The number of rotatable bonds is 7. The van der Waals surface area contributed by atoms with E-state index in [-0.39, 0.29) is 11.7 Å². The highest BCUT2D eigenvalue weighted by Crippen LogP contribution is 2.34. The van der Waals surface area contributed by atoms with E-state index in [9.17, 15) is 18.3 Å². The number of amidine groups is 1. The molecule has 0 spiro atoms. The van der Waals surface area contributed by atoms with Crippen LogP contribution in [-0.4, -0.2) is 49.6 Å². The lowest BCUT2D eigenvalue weighted by molar-refractivity contribution is -0.274. The van der Waals surface area contributed by atoms with Gasteiger partial charge in [0.05, 0.1) is 11.9 Å². The number of halogens is 3. The minimum absolute atomic E-state index is 0.285. The molecule has 212 valence electrons. The topological polar surface area (TPSA) is 88.1 Å². The third-order valence-electron chi connectivity index (χ3n) is 6.28. The molecule has 1 aliphatic heterocycles. The molecule has 3 aromatic carbocycles. The second-order valence-electron chi connectivity index (χ2n) is 9.50. The lowest BCUT2D eigenvalue weighted by atomic mass is 10.0. The molecule has 1 fully saturated rings. The molecule has 0 bridgehead atoms. The zero-order valence-electron chi connectivity index (χ0n) is 22.2. The van der Waals surface area contributed by atoms with Gasteiger partial charge in [-0.3, -0.25) is 4.90 Å². The van der Waals surface area contributed by atoms with Crippen LogP contribution in [0.2, 0.25) is 0 Å². The maximum atomic E-state index is 12.4. The average Bonchev–Trinajstić information content (AvgIpc) is 3.43. The second kappa shape index (κ2) is 12.1. The van der Waals surface area contributed by atoms with E-state index in [1.54, 1.807) is 18.0 Å². The van der Waals surface area contributed by atoms with E-state index in [1.165, 1.54) is 35.3 Å². The molecular formula is C29H27F3N6O2S. The van der Waals surface area contributed by atoms with Crippen LogP contribution in [0, 0.1) is 0 Å². The zero-order valence-corrected chi connectivity index (χ0v) is 23.0. The van der Waals surface area contributed by atoms with Crippen molar-refractivity contribution in [2.24, 2.45) is 10.2 Å². The molecule has 1 N–H and O–H groups in total. The molecule has 4 aromatic rings. The molecule has 1 atom stereocenters. The molecule has 12 heteroatoms. The minimum atomic E-state index is -4.75. The van der Waals surface area contributed by atoms with Crippen molar-refractivity contribution in [1.82, 2.24) is 14.8 Å². The van der Waals surface area contributed by atoms with Crippen LogP contribution >= 0.6 is 11.8 Å². The van der Waals surface area contributed by atoms with Crippen LogP contribution in [-0.2, 0) is 0 Å². The Labute approximate surface area is 239 Å². The molecule has 8 nitrogen and oxygen atoms in total. The summed E-state index contributed by atoms with van der Waals surface area (Å²) in [5.74, 6) is 1.18. The normalized spacial score (nSPS) is 17.1. The van der Waals surface area contributed by atoms with Gasteiger partial charge in [-0.25, -0.2) is 9.67 Å². The summed E-state index contributed by atoms with van der Waals surface area (Å²) in [5.41, 5.74) is 4.17. The monoisotopic (exact) mass is 580 g/mol. The van der Waals surface area contributed by atoms with Gasteiger partial charge in [0.2, 0.25) is 0 Å². The van der Waals surface area contributed by atoms with Crippen molar-refractivity contribution in [2.45, 2.75) is 38.8 Å². The Hall–Kier alpha value is -4.16. The van der Waals surface area contributed by atoms with Crippen LogP contribution in [0.1, 0.15) is 37.3 Å². The van der Waals surface area contributed by atoms with Crippen LogP contribution in [0.5, 0.6) is 5.75 Å². The zero-order chi connectivity index (χ0) is 29.0. The molecule has 0 saturated carbocycles. The number of ether oxygens (including phenoxy) is 1. The number of thioether (sulfide) groups is 1. The van der Waals surface area contributed by atoms with Crippen LogP contribution < -0.4 is 9.64 Å².